The second kappa shape index (κ2) is 4.86. The van der Waals surface area contributed by atoms with E-state index in [1.54, 1.807) is 42.5 Å². The zero-order chi connectivity index (χ0) is 13.2. The maximum absolute atomic E-state index is 9.39. The summed E-state index contributed by atoms with van der Waals surface area (Å²) in [5.74, 6) is 1.65. The molecule has 0 aliphatic heterocycles. The summed E-state index contributed by atoms with van der Waals surface area (Å²) in [6, 6.07) is 14.0. The Hall–Kier alpha value is -2.13. The van der Waals surface area contributed by atoms with Gasteiger partial charge in [0, 0.05) is 10.4 Å². The predicted octanol–water partition coefficient (Wildman–Crippen LogP) is 4.37. The summed E-state index contributed by atoms with van der Waals surface area (Å²) in [5, 5.41) is 10.9. The number of fused-ring (bicyclic) bond motifs is 1. The standard InChI is InChI=1S/C15H11ClO3/c16-11-1-4-13(5-2-11)18-9-14-8-10-7-12(17)3-6-15(10)19-14/h1-8,17H,9H2. The highest BCUT2D eigenvalue weighted by Crippen LogP contribution is 2.24. The molecule has 0 atom stereocenters. The van der Waals surface area contributed by atoms with Crippen LogP contribution < -0.4 is 4.74 Å². The first-order valence-electron chi connectivity index (χ1n) is 5.80. The molecule has 2 aromatic carbocycles. The fraction of sp³-hybridized carbons (Fsp3) is 0.0667. The van der Waals surface area contributed by atoms with Crippen molar-refractivity contribution in [2.75, 3.05) is 0 Å². The Labute approximate surface area is 115 Å². The Morgan fingerprint density at radius 1 is 1.05 bits per heavy atom. The highest BCUT2D eigenvalue weighted by Gasteiger charge is 2.05. The third kappa shape index (κ3) is 2.66. The number of aromatic hydroxyl groups is 1. The number of hydrogen-bond donors (Lipinski definition) is 1. The van der Waals surface area contributed by atoms with E-state index in [2.05, 4.69) is 0 Å². The highest BCUT2D eigenvalue weighted by atomic mass is 35.5. The van der Waals surface area contributed by atoms with Crippen molar-refractivity contribution in [1.29, 1.82) is 0 Å². The van der Waals surface area contributed by atoms with Crippen molar-refractivity contribution in [3.8, 4) is 11.5 Å². The number of halogens is 1. The lowest BCUT2D eigenvalue weighted by Crippen LogP contribution is -1.92. The monoisotopic (exact) mass is 274 g/mol. The lowest BCUT2D eigenvalue weighted by atomic mass is 10.2. The molecule has 4 heteroatoms. The van der Waals surface area contributed by atoms with Gasteiger partial charge in [0.2, 0.25) is 0 Å². The molecular weight excluding hydrogens is 264 g/mol. The van der Waals surface area contributed by atoms with Gasteiger partial charge in [0.05, 0.1) is 0 Å². The smallest absolute Gasteiger partial charge is 0.146 e. The van der Waals surface area contributed by atoms with Crippen molar-refractivity contribution < 1.29 is 14.3 Å². The average molecular weight is 275 g/mol. The van der Waals surface area contributed by atoms with Gasteiger partial charge < -0.3 is 14.3 Å². The van der Waals surface area contributed by atoms with E-state index in [4.69, 9.17) is 20.8 Å². The summed E-state index contributed by atoms with van der Waals surface area (Å²) in [6.07, 6.45) is 0. The lowest BCUT2D eigenvalue weighted by molar-refractivity contribution is 0.274. The van der Waals surface area contributed by atoms with Gasteiger partial charge in [-0.15, -0.1) is 0 Å². The van der Waals surface area contributed by atoms with Crippen molar-refractivity contribution in [3.05, 3.63) is 59.3 Å². The third-order valence-electron chi connectivity index (χ3n) is 2.75. The zero-order valence-corrected chi connectivity index (χ0v) is 10.7. The van der Waals surface area contributed by atoms with E-state index in [9.17, 15) is 5.11 Å². The molecule has 1 heterocycles. The van der Waals surface area contributed by atoms with Crippen molar-refractivity contribution in [3.63, 3.8) is 0 Å². The van der Waals surface area contributed by atoms with E-state index >= 15 is 0 Å². The SMILES string of the molecule is Oc1ccc2oc(COc3ccc(Cl)cc3)cc2c1. The van der Waals surface area contributed by atoms with Crippen molar-refractivity contribution in [1.82, 2.24) is 0 Å². The van der Waals surface area contributed by atoms with Crippen LogP contribution in [-0.4, -0.2) is 5.11 Å². The summed E-state index contributed by atoms with van der Waals surface area (Å²) < 4.78 is 11.2. The van der Waals surface area contributed by atoms with Crippen LogP contribution in [0, 0.1) is 0 Å². The van der Waals surface area contributed by atoms with Gasteiger partial charge in [0.1, 0.15) is 29.4 Å². The Bertz CT molecular complexity index is 701. The quantitative estimate of drug-likeness (QED) is 0.771. The van der Waals surface area contributed by atoms with Crippen LogP contribution in [0.2, 0.25) is 5.02 Å². The molecule has 0 aliphatic carbocycles. The van der Waals surface area contributed by atoms with Crippen LogP contribution in [0.15, 0.2) is 52.9 Å². The number of hydrogen-bond acceptors (Lipinski definition) is 3. The molecule has 0 aliphatic rings. The van der Waals surface area contributed by atoms with Crippen molar-refractivity contribution in [2.24, 2.45) is 0 Å². The fourth-order valence-electron chi connectivity index (χ4n) is 1.84. The molecule has 0 bridgehead atoms. The molecule has 0 saturated heterocycles. The van der Waals surface area contributed by atoms with Gasteiger partial charge in [-0.2, -0.15) is 0 Å². The van der Waals surface area contributed by atoms with Gasteiger partial charge in [-0.25, -0.2) is 0 Å². The molecule has 0 saturated carbocycles. The van der Waals surface area contributed by atoms with E-state index in [0.717, 1.165) is 16.7 Å². The van der Waals surface area contributed by atoms with Crippen LogP contribution in [0.3, 0.4) is 0 Å². The number of phenols is 1. The molecule has 0 fully saturated rings. The summed E-state index contributed by atoms with van der Waals surface area (Å²) in [7, 11) is 0. The topological polar surface area (TPSA) is 42.6 Å². The zero-order valence-electron chi connectivity index (χ0n) is 9.97. The largest absolute Gasteiger partial charge is 0.508 e. The number of rotatable bonds is 3. The van der Waals surface area contributed by atoms with E-state index < -0.39 is 0 Å². The van der Waals surface area contributed by atoms with Crippen LogP contribution in [0.25, 0.3) is 11.0 Å². The van der Waals surface area contributed by atoms with Crippen LogP contribution in [0.4, 0.5) is 0 Å². The summed E-state index contributed by atoms with van der Waals surface area (Å²) >= 11 is 5.80. The van der Waals surface area contributed by atoms with E-state index in [1.165, 1.54) is 0 Å². The predicted molar refractivity (Wildman–Crippen MR) is 73.7 cm³/mol. The molecule has 0 spiro atoms. The first-order chi connectivity index (χ1) is 9.20. The minimum Gasteiger partial charge on any atom is -0.508 e. The average Bonchev–Trinajstić information content (AvgIpc) is 2.80. The van der Waals surface area contributed by atoms with Gasteiger partial charge in [-0.1, -0.05) is 11.6 Å². The minimum atomic E-state index is 0.221. The first kappa shape index (κ1) is 11.9. The molecule has 3 rings (SSSR count). The second-order valence-electron chi connectivity index (χ2n) is 4.18. The molecule has 1 aromatic heterocycles. The van der Waals surface area contributed by atoms with Crippen LogP contribution in [0.5, 0.6) is 11.5 Å². The van der Waals surface area contributed by atoms with Gasteiger partial charge in [-0.3, -0.25) is 0 Å². The van der Waals surface area contributed by atoms with Crippen LogP contribution in [-0.2, 0) is 6.61 Å². The Morgan fingerprint density at radius 2 is 1.84 bits per heavy atom. The molecule has 0 amide bonds. The molecular formula is C15H11ClO3. The van der Waals surface area contributed by atoms with Gasteiger partial charge >= 0.3 is 0 Å². The van der Waals surface area contributed by atoms with Gasteiger partial charge in [-0.05, 0) is 48.5 Å². The molecule has 96 valence electrons. The molecule has 19 heavy (non-hydrogen) atoms. The number of benzene rings is 2. The second-order valence-corrected chi connectivity index (χ2v) is 4.61. The number of phenolic OH excluding ortho intramolecular Hbond substituents is 1. The summed E-state index contributed by atoms with van der Waals surface area (Å²) in [6.45, 7) is 0.330. The van der Waals surface area contributed by atoms with E-state index in [0.29, 0.717) is 17.4 Å². The van der Waals surface area contributed by atoms with Gasteiger partial charge in [0.25, 0.3) is 0 Å². The Kier molecular flexibility index (Phi) is 3.05. The maximum Gasteiger partial charge on any atom is 0.146 e. The summed E-state index contributed by atoms with van der Waals surface area (Å²) in [4.78, 5) is 0. The molecule has 3 aromatic rings. The third-order valence-corrected chi connectivity index (χ3v) is 3.00. The molecule has 1 N–H and O–H groups in total. The van der Waals surface area contributed by atoms with E-state index in [1.807, 2.05) is 6.07 Å². The van der Waals surface area contributed by atoms with Crippen LogP contribution in [0.1, 0.15) is 5.76 Å². The molecule has 0 unspecified atom stereocenters. The molecule has 3 nitrogen and oxygen atoms in total. The summed E-state index contributed by atoms with van der Waals surface area (Å²) in [5.41, 5.74) is 0.729. The minimum absolute atomic E-state index is 0.221. The lowest BCUT2D eigenvalue weighted by Gasteiger charge is -2.03. The number of ether oxygens (including phenoxy) is 1. The number of furan rings is 1. The Balaban J connectivity index is 1.76. The van der Waals surface area contributed by atoms with E-state index in [-0.39, 0.29) is 5.75 Å². The normalized spacial score (nSPS) is 10.8. The first-order valence-corrected chi connectivity index (χ1v) is 6.18. The molecule has 0 radical (unpaired) electrons. The highest BCUT2D eigenvalue weighted by molar-refractivity contribution is 6.30. The van der Waals surface area contributed by atoms with Crippen molar-refractivity contribution in [2.45, 2.75) is 6.61 Å². The Morgan fingerprint density at radius 3 is 2.63 bits per heavy atom. The maximum atomic E-state index is 9.39. The van der Waals surface area contributed by atoms with Crippen molar-refractivity contribution >= 4 is 22.6 Å². The van der Waals surface area contributed by atoms with Gasteiger partial charge in [0.15, 0.2) is 0 Å². The fourth-order valence-corrected chi connectivity index (χ4v) is 1.97. The van der Waals surface area contributed by atoms with Crippen LogP contribution >= 0.6 is 11.6 Å².